The van der Waals surface area contributed by atoms with Gasteiger partial charge in [-0.25, -0.2) is 4.79 Å². The van der Waals surface area contributed by atoms with Crippen LogP contribution in [0, 0.1) is 5.41 Å². The van der Waals surface area contributed by atoms with E-state index in [1.807, 2.05) is 25.1 Å². The monoisotopic (exact) mass is 438 g/mol. The number of carboxylic acids is 2. The van der Waals surface area contributed by atoms with Crippen LogP contribution in [-0.2, 0) is 19.1 Å². The predicted molar refractivity (Wildman–Crippen MR) is 108 cm³/mol. The van der Waals surface area contributed by atoms with Crippen LogP contribution in [0.15, 0.2) is 24.3 Å². The van der Waals surface area contributed by atoms with Gasteiger partial charge in [0.1, 0.15) is 25.0 Å². The van der Waals surface area contributed by atoms with E-state index in [0.717, 1.165) is 50.5 Å². The third-order valence-electron chi connectivity index (χ3n) is 5.49. The van der Waals surface area contributed by atoms with E-state index in [2.05, 4.69) is 11.0 Å². The van der Waals surface area contributed by atoms with Crippen LogP contribution in [0.3, 0.4) is 0 Å². The number of aliphatic hydroxyl groups excluding tert-OH is 1. The number of anilines is 1. The number of carboxylic acid groups (broad SMARTS) is 2. The first kappa shape index (κ1) is 24.4. The number of carbonyl (C=O) groups excluding carboxylic acids is 2. The van der Waals surface area contributed by atoms with Crippen molar-refractivity contribution >= 4 is 23.6 Å². The first-order valence-corrected chi connectivity index (χ1v) is 10.2. The number of ether oxygens (including phenoxy) is 2. The second kappa shape index (κ2) is 11.0. The van der Waals surface area contributed by atoms with E-state index in [1.165, 1.54) is 4.90 Å². The van der Waals surface area contributed by atoms with Crippen molar-refractivity contribution in [2.75, 3.05) is 51.3 Å². The van der Waals surface area contributed by atoms with Crippen LogP contribution in [0.25, 0.3) is 0 Å². The van der Waals surface area contributed by atoms with Gasteiger partial charge in [0.15, 0.2) is 5.97 Å². The van der Waals surface area contributed by atoms with Crippen LogP contribution in [0.1, 0.15) is 19.8 Å². The molecule has 1 aromatic carbocycles. The number of rotatable bonds is 7. The van der Waals surface area contributed by atoms with Gasteiger partial charge in [0, 0.05) is 0 Å². The quantitative estimate of drug-likeness (QED) is 0.323. The van der Waals surface area contributed by atoms with Gasteiger partial charge in [-0.05, 0) is 31.9 Å². The Morgan fingerprint density at radius 2 is 1.81 bits per heavy atom. The van der Waals surface area contributed by atoms with E-state index in [4.69, 9.17) is 29.3 Å². The summed E-state index contributed by atoms with van der Waals surface area (Å²) in [7, 11) is 1.69. The van der Waals surface area contributed by atoms with E-state index in [1.54, 1.807) is 7.11 Å². The number of quaternary nitrogens is 1. The lowest BCUT2D eigenvalue weighted by Gasteiger charge is -2.35. The molecule has 0 spiro atoms. The molecule has 1 atom stereocenters. The summed E-state index contributed by atoms with van der Waals surface area (Å²) in [6.45, 7) is 6.37. The summed E-state index contributed by atoms with van der Waals surface area (Å²) in [5.74, 6) is -3.28. The molecule has 1 heterocycles. The van der Waals surface area contributed by atoms with Crippen LogP contribution in [-0.4, -0.2) is 80.7 Å². The third kappa shape index (κ3) is 7.41. The number of carbonyl (C=O) groups is 3. The number of para-hydroxylation sites is 2. The fourth-order valence-corrected chi connectivity index (χ4v) is 3.29. The van der Waals surface area contributed by atoms with E-state index < -0.39 is 18.0 Å². The highest BCUT2D eigenvalue weighted by atomic mass is 16.5. The van der Waals surface area contributed by atoms with Gasteiger partial charge in [0.05, 0.1) is 44.4 Å². The molecule has 1 aromatic rings. The van der Waals surface area contributed by atoms with Crippen LogP contribution in [0.5, 0.6) is 5.75 Å². The van der Waals surface area contributed by atoms with E-state index in [0.29, 0.717) is 6.54 Å². The maximum absolute atomic E-state index is 11.8. The molecule has 0 amide bonds. The normalized spacial score (nSPS) is 18.2. The van der Waals surface area contributed by atoms with Gasteiger partial charge in [0.25, 0.3) is 0 Å². The molecule has 1 saturated heterocycles. The summed E-state index contributed by atoms with van der Waals surface area (Å²) in [6.07, 6.45) is 1.20. The lowest BCUT2D eigenvalue weighted by atomic mass is 10.1. The van der Waals surface area contributed by atoms with Crippen molar-refractivity contribution in [1.82, 2.24) is 0 Å². The zero-order valence-corrected chi connectivity index (χ0v) is 17.8. The maximum Gasteiger partial charge on any atom is 0.351 e. The summed E-state index contributed by atoms with van der Waals surface area (Å²) in [6, 6.07) is 8.06. The maximum atomic E-state index is 11.8. The standard InChI is InChI=1S/C19H28N2O4.C2H2O4/c1-19(7-8-19)18(23)25-14-15(22)13-20-9-11-21(12-10-20)16-5-3-4-6-17(16)24-2;3-1(4)2(5)6/h3-6,15,22H,7-14H2,1-2H3;(H,3,4)(H,5,6). The highest BCUT2D eigenvalue weighted by Crippen LogP contribution is 2.45. The van der Waals surface area contributed by atoms with Gasteiger partial charge < -0.3 is 39.4 Å². The van der Waals surface area contributed by atoms with Crippen molar-refractivity contribution in [1.29, 1.82) is 0 Å². The lowest BCUT2D eigenvalue weighted by Crippen LogP contribution is -3.16. The zero-order valence-electron chi connectivity index (χ0n) is 17.8. The molecular formula is C21H30N2O8. The van der Waals surface area contributed by atoms with Crippen LogP contribution in [0.4, 0.5) is 5.69 Å². The predicted octanol–water partition coefficient (Wildman–Crippen LogP) is -2.07. The average Bonchev–Trinajstić information content (AvgIpc) is 3.51. The topological polar surface area (TPSA) is 141 Å². The number of methoxy groups -OCH3 is 1. The highest BCUT2D eigenvalue weighted by molar-refractivity contribution is 6.26. The summed E-state index contributed by atoms with van der Waals surface area (Å²) in [5, 5.41) is 26.5. The molecule has 0 bridgehead atoms. The largest absolute Gasteiger partial charge is 0.539 e. The van der Waals surface area contributed by atoms with Crippen molar-refractivity contribution in [3.05, 3.63) is 24.3 Å². The molecule has 31 heavy (non-hydrogen) atoms. The molecule has 1 aliphatic carbocycles. The van der Waals surface area contributed by atoms with Gasteiger partial charge >= 0.3 is 11.9 Å². The fourth-order valence-electron chi connectivity index (χ4n) is 3.29. The number of piperazine rings is 1. The summed E-state index contributed by atoms with van der Waals surface area (Å²) >= 11 is 0. The molecule has 172 valence electrons. The van der Waals surface area contributed by atoms with Crippen molar-refractivity contribution in [3.8, 4) is 5.75 Å². The Balaban J connectivity index is 0.000000501. The molecule has 0 radical (unpaired) electrons. The number of benzene rings is 1. The molecule has 3 rings (SSSR count). The van der Waals surface area contributed by atoms with Crippen LogP contribution < -0.4 is 19.6 Å². The van der Waals surface area contributed by atoms with Crippen molar-refractivity contribution in [3.63, 3.8) is 0 Å². The lowest BCUT2D eigenvalue weighted by molar-refractivity contribution is -0.903. The minimum atomic E-state index is -2.07. The number of esters is 1. The van der Waals surface area contributed by atoms with E-state index in [9.17, 15) is 9.90 Å². The first-order chi connectivity index (χ1) is 14.7. The van der Waals surface area contributed by atoms with Gasteiger partial charge in [0.2, 0.25) is 0 Å². The smallest absolute Gasteiger partial charge is 0.351 e. The van der Waals surface area contributed by atoms with Gasteiger partial charge in [-0.15, -0.1) is 0 Å². The molecule has 1 unspecified atom stereocenters. The Morgan fingerprint density at radius 3 is 2.32 bits per heavy atom. The summed E-state index contributed by atoms with van der Waals surface area (Å²) in [5.41, 5.74) is 0.837. The molecule has 2 aliphatic rings. The molecule has 1 aliphatic heterocycles. The zero-order chi connectivity index (χ0) is 23.0. The number of nitrogens with zero attached hydrogens (tertiary/aromatic N) is 1. The Morgan fingerprint density at radius 1 is 1.23 bits per heavy atom. The Kier molecular flexibility index (Phi) is 8.64. The molecule has 3 N–H and O–H groups in total. The average molecular weight is 438 g/mol. The van der Waals surface area contributed by atoms with Gasteiger partial charge in [-0.3, -0.25) is 4.79 Å². The van der Waals surface area contributed by atoms with Crippen molar-refractivity contribution < 1.29 is 44.1 Å². The molecule has 2 fully saturated rings. The molecule has 1 saturated carbocycles. The van der Waals surface area contributed by atoms with Crippen LogP contribution >= 0.6 is 0 Å². The molecule has 10 heteroatoms. The molecule has 0 aromatic heterocycles. The first-order valence-electron chi connectivity index (χ1n) is 10.2. The molecular weight excluding hydrogens is 408 g/mol. The number of aliphatic hydroxyl groups is 1. The second-order valence-corrected chi connectivity index (χ2v) is 8.02. The highest BCUT2D eigenvalue weighted by Gasteiger charge is 2.46. The minimum absolute atomic E-state index is 0.105. The Bertz CT molecular complexity index is 760. The molecule has 10 nitrogen and oxygen atoms in total. The number of aliphatic carboxylic acids is 2. The summed E-state index contributed by atoms with van der Waals surface area (Å²) in [4.78, 5) is 33.5. The van der Waals surface area contributed by atoms with Gasteiger partial charge in [-0.1, -0.05) is 12.1 Å². The van der Waals surface area contributed by atoms with Crippen molar-refractivity contribution in [2.24, 2.45) is 5.41 Å². The van der Waals surface area contributed by atoms with E-state index in [-0.39, 0.29) is 18.0 Å². The third-order valence-corrected chi connectivity index (χ3v) is 5.49. The van der Waals surface area contributed by atoms with Crippen LogP contribution in [0.2, 0.25) is 0 Å². The number of nitrogens with one attached hydrogen (secondary N) is 1. The Hall–Kier alpha value is -2.85. The fraction of sp³-hybridized carbons (Fsp3) is 0.571. The minimum Gasteiger partial charge on any atom is -0.539 e. The van der Waals surface area contributed by atoms with E-state index >= 15 is 0 Å². The SMILES string of the molecule is COc1ccccc1N1CC[NH+](CC(O)COC(=O)C2(C)CC2)CC1.O=C([O-])C(=O)O. The Labute approximate surface area is 181 Å². The summed E-state index contributed by atoms with van der Waals surface area (Å²) < 4.78 is 10.7. The van der Waals surface area contributed by atoms with Gasteiger partial charge in [-0.2, -0.15) is 0 Å². The second-order valence-electron chi connectivity index (χ2n) is 8.02. The number of hydrogen-bond acceptors (Lipinski definition) is 8. The van der Waals surface area contributed by atoms with Crippen molar-refractivity contribution in [2.45, 2.75) is 25.9 Å². The number of hydrogen-bond donors (Lipinski definition) is 3.